The molecule has 0 unspecified atom stereocenters. The van der Waals surface area contributed by atoms with Crippen LogP contribution in [0, 0.1) is 5.41 Å². The summed E-state index contributed by atoms with van der Waals surface area (Å²) in [5.74, 6) is 1.16. The van der Waals surface area contributed by atoms with Gasteiger partial charge in [-0.15, -0.1) is 11.8 Å². The van der Waals surface area contributed by atoms with E-state index in [1.165, 1.54) is 11.3 Å². The number of thioether (sulfide) groups is 1. The fourth-order valence-electron chi connectivity index (χ4n) is 1.57. The van der Waals surface area contributed by atoms with Crippen LogP contribution in [-0.2, 0) is 0 Å². The molecule has 1 aliphatic rings. The Bertz CT molecular complexity index is 214. The molecule has 1 aliphatic carbocycles. The lowest BCUT2D eigenvalue weighted by atomic mass is 9.81. The van der Waals surface area contributed by atoms with E-state index < -0.39 is 0 Å². The first kappa shape index (κ1) is 10.3. The lowest BCUT2D eigenvalue weighted by Gasteiger charge is -2.29. The van der Waals surface area contributed by atoms with E-state index in [1.807, 2.05) is 11.8 Å². The Balaban J connectivity index is 2.69. The van der Waals surface area contributed by atoms with Gasteiger partial charge in [-0.3, -0.25) is 0 Å². The fraction of sp³-hybridized carbons (Fsp3) is 0.700. The van der Waals surface area contributed by atoms with Crippen molar-refractivity contribution in [3.8, 4) is 0 Å². The molecule has 0 spiro atoms. The quantitative estimate of drug-likeness (QED) is 0.622. The molecule has 0 fully saturated rings. The molecule has 0 heterocycles. The minimum atomic E-state index is 0.392. The Morgan fingerprint density at radius 2 is 2.17 bits per heavy atom. The minimum absolute atomic E-state index is 0.392. The highest BCUT2D eigenvalue weighted by Crippen LogP contribution is 2.38. The lowest BCUT2D eigenvalue weighted by Crippen LogP contribution is -2.19. The zero-order valence-corrected chi connectivity index (χ0v) is 9.65. The van der Waals surface area contributed by atoms with Gasteiger partial charge in [-0.1, -0.05) is 33.0 Å². The average molecular weight is 200 g/mol. The Hall–Kier alpha value is 0.180. The van der Waals surface area contributed by atoms with E-state index in [2.05, 4.69) is 26.8 Å². The van der Waals surface area contributed by atoms with Gasteiger partial charge in [0, 0.05) is 4.86 Å². The van der Waals surface area contributed by atoms with Crippen LogP contribution in [0.1, 0.15) is 33.6 Å². The molecular weight excluding hydrogens is 184 g/mol. The molecule has 0 amide bonds. The molecule has 0 N–H and O–H groups in total. The summed E-state index contributed by atoms with van der Waals surface area (Å²) < 4.78 is 0. The summed E-state index contributed by atoms with van der Waals surface area (Å²) in [5, 5.41) is 0. The van der Waals surface area contributed by atoms with Crippen LogP contribution in [0.3, 0.4) is 0 Å². The van der Waals surface area contributed by atoms with Crippen molar-refractivity contribution < 1.29 is 0 Å². The zero-order chi connectivity index (χ0) is 9.19. The van der Waals surface area contributed by atoms with Crippen LogP contribution < -0.4 is 0 Å². The van der Waals surface area contributed by atoms with Crippen molar-refractivity contribution in [3.05, 3.63) is 11.0 Å². The average Bonchev–Trinajstić information content (AvgIpc) is 1.82. The number of thiocarbonyl (C=S) groups is 1. The molecule has 12 heavy (non-hydrogen) atoms. The first-order valence-corrected chi connectivity index (χ1v) is 5.79. The van der Waals surface area contributed by atoms with E-state index in [0.29, 0.717) is 5.41 Å². The second kappa shape index (κ2) is 3.93. The topological polar surface area (TPSA) is 0 Å². The van der Waals surface area contributed by atoms with E-state index in [9.17, 15) is 0 Å². The third-order valence-electron chi connectivity index (χ3n) is 1.96. The highest BCUT2D eigenvalue weighted by Gasteiger charge is 2.25. The number of hydrogen-bond acceptors (Lipinski definition) is 2. The first-order valence-electron chi connectivity index (χ1n) is 4.40. The standard InChI is InChI=1S/C10H16S2/c1-4-12-9-5-8(11)6-10(2,3)7-9/h5H,4,6-7H2,1-3H3. The van der Waals surface area contributed by atoms with Crippen molar-refractivity contribution in [3.63, 3.8) is 0 Å². The summed E-state index contributed by atoms with van der Waals surface area (Å²) in [5.41, 5.74) is 0.392. The van der Waals surface area contributed by atoms with Crippen molar-refractivity contribution in [2.24, 2.45) is 5.41 Å². The summed E-state index contributed by atoms with van der Waals surface area (Å²) in [4.78, 5) is 2.60. The van der Waals surface area contributed by atoms with Gasteiger partial charge in [0.1, 0.15) is 0 Å². The Kier molecular flexibility index (Phi) is 3.36. The molecule has 0 aromatic heterocycles. The predicted molar refractivity (Wildman–Crippen MR) is 61.8 cm³/mol. The molecule has 68 valence electrons. The van der Waals surface area contributed by atoms with E-state index >= 15 is 0 Å². The largest absolute Gasteiger partial charge is 0.131 e. The highest BCUT2D eigenvalue weighted by atomic mass is 32.2. The van der Waals surface area contributed by atoms with Gasteiger partial charge in [0.25, 0.3) is 0 Å². The molecule has 1 rings (SSSR count). The molecule has 0 saturated carbocycles. The second-order valence-corrected chi connectivity index (χ2v) is 5.94. The molecule has 0 nitrogen and oxygen atoms in total. The third kappa shape index (κ3) is 2.91. The van der Waals surface area contributed by atoms with Gasteiger partial charge in [0.15, 0.2) is 0 Å². The third-order valence-corrected chi connectivity index (χ3v) is 3.14. The van der Waals surface area contributed by atoms with E-state index in [4.69, 9.17) is 12.2 Å². The van der Waals surface area contributed by atoms with Gasteiger partial charge >= 0.3 is 0 Å². The van der Waals surface area contributed by atoms with Crippen LogP contribution in [-0.4, -0.2) is 10.6 Å². The maximum absolute atomic E-state index is 5.26. The van der Waals surface area contributed by atoms with Gasteiger partial charge < -0.3 is 0 Å². The first-order chi connectivity index (χ1) is 5.53. The number of allylic oxidation sites excluding steroid dienone is 2. The van der Waals surface area contributed by atoms with Crippen LogP contribution in [0.4, 0.5) is 0 Å². The van der Waals surface area contributed by atoms with Crippen LogP contribution in [0.15, 0.2) is 11.0 Å². The smallest absolute Gasteiger partial charge is 0.0165 e. The number of hydrogen-bond donors (Lipinski definition) is 0. The van der Waals surface area contributed by atoms with Crippen LogP contribution in [0.5, 0.6) is 0 Å². The SMILES string of the molecule is CCSC1=CC(=S)CC(C)(C)C1. The molecule has 0 radical (unpaired) electrons. The van der Waals surface area contributed by atoms with Crippen molar-refractivity contribution in [1.29, 1.82) is 0 Å². The molecule has 0 aliphatic heterocycles. The normalized spacial score (nSPS) is 22.2. The van der Waals surface area contributed by atoms with Crippen molar-refractivity contribution >= 4 is 28.8 Å². The van der Waals surface area contributed by atoms with Crippen LogP contribution in [0.2, 0.25) is 0 Å². The van der Waals surface area contributed by atoms with Crippen molar-refractivity contribution in [2.75, 3.05) is 5.75 Å². The van der Waals surface area contributed by atoms with E-state index in [-0.39, 0.29) is 0 Å². The summed E-state index contributed by atoms with van der Waals surface area (Å²) in [6.07, 6.45) is 4.47. The predicted octanol–water partition coefficient (Wildman–Crippen LogP) is 3.81. The van der Waals surface area contributed by atoms with Gasteiger partial charge in [-0.25, -0.2) is 0 Å². The van der Waals surface area contributed by atoms with Gasteiger partial charge in [-0.2, -0.15) is 0 Å². The Labute approximate surface area is 84.8 Å². The fourth-order valence-corrected chi connectivity index (χ4v) is 3.26. The Morgan fingerprint density at radius 3 is 2.67 bits per heavy atom. The molecular formula is C10H16S2. The summed E-state index contributed by atoms with van der Waals surface area (Å²) in [6, 6.07) is 0. The molecule has 0 aromatic carbocycles. The summed E-state index contributed by atoms with van der Waals surface area (Å²) in [7, 11) is 0. The summed E-state index contributed by atoms with van der Waals surface area (Å²) in [6.45, 7) is 6.78. The highest BCUT2D eigenvalue weighted by molar-refractivity contribution is 8.03. The minimum Gasteiger partial charge on any atom is -0.131 e. The Morgan fingerprint density at radius 1 is 1.50 bits per heavy atom. The van der Waals surface area contributed by atoms with Crippen LogP contribution in [0.25, 0.3) is 0 Å². The molecule has 0 bridgehead atoms. The van der Waals surface area contributed by atoms with E-state index in [1.54, 1.807) is 0 Å². The zero-order valence-electron chi connectivity index (χ0n) is 8.02. The van der Waals surface area contributed by atoms with Gasteiger partial charge in [0.2, 0.25) is 0 Å². The maximum atomic E-state index is 5.26. The summed E-state index contributed by atoms with van der Waals surface area (Å²) >= 11 is 7.19. The number of rotatable bonds is 2. The maximum Gasteiger partial charge on any atom is 0.0165 e. The van der Waals surface area contributed by atoms with Crippen molar-refractivity contribution in [1.82, 2.24) is 0 Å². The van der Waals surface area contributed by atoms with Crippen LogP contribution >= 0.6 is 24.0 Å². The molecule has 0 atom stereocenters. The second-order valence-electron chi connectivity index (χ2n) is 4.03. The molecule has 2 heteroatoms. The molecule has 0 aromatic rings. The van der Waals surface area contributed by atoms with Gasteiger partial charge in [0.05, 0.1) is 0 Å². The monoisotopic (exact) mass is 200 g/mol. The van der Waals surface area contributed by atoms with E-state index in [0.717, 1.165) is 17.0 Å². The van der Waals surface area contributed by atoms with Crippen molar-refractivity contribution in [2.45, 2.75) is 33.6 Å². The van der Waals surface area contributed by atoms with Gasteiger partial charge in [-0.05, 0) is 35.0 Å². The molecule has 0 saturated heterocycles. The lowest BCUT2D eigenvalue weighted by molar-refractivity contribution is 0.383.